The van der Waals surface area contributed by atoms with Crippen molar-refractivity contribution in [2.75, 3.05) is 5.32 Å². The summed E-state index contributed by atoms with van der Waals surface area (Å²) < 4.78 is 0. The predicted molar refractivity (Wildman–Crippen MR) is 106 cm³/mol. The molecular formula is C19H25N3OS2. The van der Waals surface area contributed by atoms with E-state index in [2.05, 4.69) is 16.7 Å². The number of nitrogens with zero attached hydrogens (tertiary/aromatic N) is 1. The summed E-state index contributed by atoms with van der Waals surface area (Å²) in [5, 5.41) is 16.4. The van der Waals surface area contributed by atoms with E-state index in [0.717, 1.165) is 30.7 Å². The van der Waals surface area contributed by atoms with Crippen LogP contribution in [0.2, 0.25) is 0 Å². The van der Waals surface area contributed by atoms with Crippen molar-refractivity contribution in [3.63, 3.8) is 0 Å². The third kappa shape index (κ3) is 4.80. The normalized spacial score (nSPS) is 17.4. The Balaban J connectivity index is 1.51. The van der Waals surface area contributed by atoms with Crippen LogP contribution in [0.15, 0.2) is 0 Å². The zero-order chi connectivity index (χ0) is 17.6. The molecule has 1 amide bonds. The molecule has 1 aromatic heterocycles. The molecule has 0 radical (unpaired) electrons. The zero-order valence-electron chi connectivity index (χ0n) is 14.5. The van der Waals surface area contributed by atoms with E-state index in [1.54, 1.807) is 11.3 Å². The van der Waals surface area contributed by atoms with Crippen LogP contribution in [-0.4, -0.2) is 11.0 Å². The number of aryl methyl sites for hydroxylation is 1. The molecule has 0 aliphatic heterocycles. The van der Waals surface area contributed by atoms with Crippen LogP contribution in [-0.2, 0) is 17.6 Å². The molecular weight excluding hydrogens is 350 g/mol. The Morgan fingerprint density at radius 3 is 2.72 bits per heavy atom. The predicted octanol–water partition coefficient (Wildman–Crippen LogP) is 4.67. The SMILES string of the molecule is N#Cc1c(NC(=S)NC(=O)CCC2CCCCC2)sc2c1CCCC2. The van der Waals surface area contributed by atoms with E-state index in [4.69, 9.17) is 12.2 Å². The van der Waals surface area contributed by atoms with Gasteiger partial charge in [-0.1, -0.05) is 32.1 Å². The average Bonchev–Trinajstić information content (AvgIpc) is 2.97. The highest BCUT2D eigenvalue weighted by Gasteiger charge is 2.21. The lowest BCUT2D eigenvalue weighted by atomic mass is 9.86. The highest BCUT2D eigenvalue weighted by atomic mass is 32.1. The van der Waals surface area contributed by atoms with Crippen molar-refractivity contribution in [3.8, 4) is 6.07 Å². The smallest absolute Gasteiger partial charge is 0.226 e. The van der Waals surface area contributed by atoms with E-state index in [-0.39, 0.29) is 5.91 Å². The van der Waals surface area contributed by atoms with Gasteiger partial charge in [0, 0.05) is 11.3 Å². The number of nitriles is 1. The second kappa shape index (κ2) is 8.77. The van der Waals surface area contributed by atoms with Gasteiger partial charge in [-0.05, 0) is 55.8 Å². The van der Waals surface area contributed by atoms with Gasteiger partial charge in [0.1, 0.15) is 11.1 Å². The molecule has 0 atom stereocenters. The minimum atomic E-state index is -0.0251. The Bertz CT molecular complexity index is 684. The van der Waals surface area contributed by atoms with Crippen molar-refractivity contribution in [3.05, 3.63) is 16.0 Å². The number of thiophene rings is 1. The van der Waals surface area contributed by atoms with E-state index >= 15 is 0 Å². The van der Waals surface area contributed by atoms with Crippen LogP contribution in [0, 0.1) is 17.2 Å². The van der Waals surface area contributed by atoms with Crippen LogP contribution in [0.25, 0.3) is 0 Å². The highest BCUT2D eigenvalue weighted by Crippen LogP contribution is 2.37. The van der Waals surface area contributed by atoms with E-state index in [9.17, 15) is 10.1 Å². The number of carbonyl (C=O) groups is 1. The average molecular weight is 376 g/mol. The third-order valence-electron chi connectivity index (χ3n) is 5.27. The number of fused-ring (bicyclic) bond motifs is 1. The van der Waals surface area contributed by atoms with Gasteiger partial charge >= 0.3 is 0 Å². The summed E-state index contributed by atoms with van der Waals surface area (Å²) in [6.07, 6.45) is 12.2. The standard InChI is InChI=1S/C19H25N3OS2/c20-12-15-14-8-4-5-9-16(14)25-18(15)22-19(24)21-17(23)11-10-13-6-2-1-3-7-13/h13H,1-11H2,(H2,21,22,23,24). The number of anilines is 1. The van der Waals surface area contributed by atoms with Crippen molar-refractivity contribution < 1.29 is 4.79 Å². The van der Waals surface area contributed by atoms with Crippen LogP contribution in [0.5, 0.6) is 0 Å². The van der Waals surface area contributed by atoms with Crippen molar-refractivity contribution in [1.82, 2.24) is 5.32 Å². The molecule has 2 aliphatic carbocycles. The van der Waals surface area contributed by atoms with Gasteiger partial charge < -0.3 is 10.6 Å². The number of hydrogen-bond donors (Lipinski definition) is 2. The number of carbonyl (C=O) groups excluding carboxylic acids is 1. The summed E-state index contributed by atoms with van der Waals surface area (Å²) in [5.41, 5.74) is 1.88. The number of amides is 1. The van der Waals surface area contributed by atoms with Gasteiger partial charge in [0.15, 0.2) is 5.11 Å². The third-order valence-corrected chi connectivity index (χ3v) is 6.68. The summed E-state index contributed by atoms with van der Waals surface area (Å²) >= 11 is 6.89. The van der Waals surface area contributed by atoms with Crippen molar-refractivity contribution in [2.45, 2.75) is 70.6 Å². The summed E-state index contributed by atoms with van der Waals surface area (Å²) in [6, 6.07) is 2.31. The monoisotopic (exact) mass is 375 g/mol. The van der Waals surface area contributed by atoms with Gasteiger partial charge in [0.2, 0.25) is 5.91 Å². The van der Waals surface area contributed by atoms with Crippen LogP contribution >= 0.6 is 23.6 Å². The Morgan fingerprint density at radius 1 is 1.20 bits per heavy atom. The number of nitrogens with one attached hydrogen (secondary N) is 2. The number of hydrogen-bond acceptors (Lipinski definition) is 4. The molecule has 0 aromatic carbocycles. The second-order valence-electron chi connectivity index (χ2n) is 7.07. The summed E-state index contributed by atoms with van der Waals surface area (Å²) in [6.45, 7) is 0. The molecule has 3 rings (SSSR count). The largest absolute Gasteiger partial charge is 0.323 e. The molecule has 2 N–H and O–H groups in total. The fourth-order valence-electron chi connectivity index (χ4n) is 3.91. The van der Waals surface area contributed by atoms with Gasteiger partial charge in [-0.2, -0.15) is 5.26 Å². The first-order chi connectivity index (χ1) is 12.2. The summed E-state index contributed by atoms with van der Waals surface area (Å²) in [7, 11) is 0. The lowest BCUT2D eigenvalue weighted by Crippen LogP contribution is -2.34. The van der Waals surface area contributed by atoms with E-state index in [0.29, 0.717) is 23.0 Å². The highest BCUT2D eigenvalue weighted by molar-refractivity contribution is 7.80. The summed E-state index contributed by atoms with van der Waals surface area (Å²) in [5.74, 6) is 0.665. The molecule has 2 aliphatic rings. The lowest BCUT2D eigenvalue weighted by Gasteiger charge is -2.21. The Morgan fingerprint density at radius 2 is 1.96 bits per heavy atom. The molecule has 4 nitrogen and oxygen atoms in total. The van der Waals surface area contributed by atoms with Crippen molar-refractivity contribution in [1.29, 1.82) is 5.26 Å². The molecule has 1 heterocycles. The molecule has 1 saturated carbocycles. The van der Waals surface area contributed by atoms with E-state index in [1.807, 2.05) is 0 Å². The second-order valence-corrected chi connectivity index (χ2v) is 8.59. The Kier molecular flexibility index (Phi) is 6.44. The molecule has 1 fully saturated rings. The van der Waals surface area contributed by atoms with E-state index in [1.165, 1.54) is 49.0 Å². The molecule has 0 spiro atoms. The topological polar surface area (TPSA) is 64.9 Å². The Hall–Kier alpha value is -1.45. The first-order valence-corrected chi connectivity index (χ1v) is 10.6. The minimum absolute atomic E-state index is 0.0251. The zero-order valence-corrected chi connectivity index (χ0v) is 16.2. The number of thiocarbonyl (C=S) groups is 1. The molecule has 25 heavy (non-hydrogen) atoms. The van der Waals surface area contributed by atoms with Gasteiger partial charge in [-0.25, -0.2) is 0 Å². The fourth-order valence-corrected chi connectivity index (χ4v) is 5.43. The van der Waals surface area contributed by atoms with Crippen LogP contribution in [0.3, 0.4) is 0 Å². The van der Waals surface area contributed by atoms with E-state index < -0.39 is 0 Å². The Labute approximate surface area is 159 Å². The maximum atomic E-state index is 12.1. The summed E-state index contributed by atoms with van der Waals surface area (Å²) in [4.78, 5) is 13.4. The van der Waals surface area contributed by atoms with Crippen LogP contribution in [0.1, 0.15) is 73.8 Å². The van der Waals surface area contributed by atoms with Gasteiger partial charge in [-0.3, -0.25) is 4.79 Å². The minimum Gasteiger partial charge on any atom is -0.323 e. The fraction of sp³-hybridized carbons (Fsp3) is 0.632. The van der Waals surface area contributed by atoms with Crippen molar-refractivity contribution in [2.24, 2.45) is 5.92 Å². The molecule has 1 aromatic rings. The molecule has 0 bridgehead atoms. The lowest BCUT2D eigenvalue weighted by molar-refractivity contribution is -0.120. The first kappa shape index (κ1) is 18.3. The van der Waals surface area contributed by atoms with Crippen LogP contribution in [0.4, 0.5) is 5.00 Å². The van der Waals surface area contributed by atoms with Gasteiger partial charge in [0.25, 0.3) is 0 Å². The molecule has 0 unspecified atom stereocenters. The quantitative estimate of drug-likeness (QED) is 0.751. The van der Waals surface area contributed by atoms with Gasteiger partial charge in [-0.15, -0.1) is 11.3 Å². The molecule has 6 heteroatoms. The first-order valence-electron chi connectivity index (χ1n) is 9.33. The van der Waals surface area contributed by atoms with Crippen molar-refractivity contribution >= 4 is 39.6 Å². The maximum absolute atomic E-state index is 12.1. The van der Waals surface area contributed by atoms with Crippen LogP contribution < -0.4 is 10.6 Å². The maximum Gasteiger partial charge on any atom is 0.226 e. The molecule has 134 valence electrons. The molecule has 0 saturated heterocycles. The number of rotatable bonds is 4. The van der Waals surface area contributed by atoms with Gasteiger partial charge in [0.05, 0.1) is 5.56 Å².